The van der Waals surface area contributed by atoms with Crippen LogP contribution in [0.15, 0.2) is 54.6 Å². The molecule has 1 saturated heterocycles. The number of aromatic nitrogens is 3. The largest absolute Gasteiger partial charge is 0.368 e. The van der Waals surface area contributed by atoms with Crippen LogP contribution in [-0.4, -0.2) is 40.8 Å². The van der Waals surface area contributed by atoms with Gasteiger partial charge in [-0.2, -0.15) is 5.10 Å². The van der Waals surface area contributed by atoms with Crippen LogP contribution < -0.4 is 9.80 Å². The summed E-state index contributed by atoms with van der Waals surface area (Å²) in [6.45, 7) is 5.71. The van der Waals surface area contributed by atoms with Crippen LogP contribution in [0, 0.1) is 6.92 Å². The molecule has 0 N–H and O–H groups in total. The predicted molar refractivity (Wildman–Crippen MR) is 111 cm³/mol. The Morgan fingerprint density at radius 2 is 1.52 bits per heavy atom. The maximum Gasteiger partial charge on any atom is 0.176 e. The molecular formula is C21H20ClN5. The number of para-hydroxylation sites is 2. The maximum atomic E-state index is 6.48. The number of rotatable bonds is 2. The summed E-state index contributed by atoms with van der Waals surface area (Å²) in [5, 5.41) is 6.31. The van der Waals surface area contributed by atoms with Crippen molar-refractivity contribution in [3.05, 3.63) is 65.3 Å². The number of aryl methyl sites for hydroxylation is 1. The van der Waals surface area contributed by atoms with Gasteiger partial charge in [-0.3, -0.25) is 0 Å². The quantitative estimate of drug-likeness (QED) is 0.525. The maximum absolute atomic E-state index is 6.48. The molecule has 0 amide bonds. The lowest BCUT2D eigenvalue weighted by molar-refractivity contribution is 0.649. The van der Waals surface area contributed by atoms with Crippen molar-refractivity contribution in [2.45, 2.75) is 6.92 Å². The Morgan fingerprint density at radius 3 is 2.30 bits per heavy atom. The zero-order chi connectivity index (χ0) is 18.4. The number of benzene rings is 2. The minimum absolute atomic E-state index is 0.630. The number of hydrogen-bond donors (Lipinski definition) is 0. The van der Waals surface area contributed by atoms with Gasteiger partial charge in [0.1, 0.15) is 10.8 Å². The SMILES string of the molecule is Cc1nn2c(nc(N3CCN(c4ccccc4)CC3)c3ccccc32)c1Cl. The third-order valence-corrected chi connectivity index (χ3v) is 5.69. The molecule has 0 spiro atoms. The minimum Gasteiger partial charge on any atom is -0.368 e. The summed E-state index contributed by atoms with van der Waals surface area (Å²) in [5.41, 5.74) is 3.85. The van der Waals surface area contributed by atoms with Crippen molar-refractivity contribution in [3.8, 4) is 0 Å². The van der Waals surface area contributed by atoms with Crippen LogP contribution in [0.4, 0.5) is 11.5 Å². The van der Waals surface area contributed by atoms with Crippen LogP contribution in [0.2, 0.25) is 5.02 Å². The van der Waals surface area contributed by atoms with Crippen molar-refractivity contribution in [1.29, 1.82) is 0 Å². The standard InChI is InChI=1S/C21H20ClN5/c1-15-19(22)21-23-20(17-9-5-6-10-18(17)27(21)24-15)26-13-11-25(12-14-26)16-7-3-2-4-8-16/h2-10H,11-14H2,1H3. The topological polar surface area (TPSA) is 36.7 Å². The third-order valence-electron chi connectivity index (χ3n) is 5.25. The van der Waals surface area contributed by atoms with E-state index >= 15 is 0 Å². The Hall–Kier alpha value is -2.79. The molecule has 0 bridgehead atoms. The van der Waals surface area contributed by atoms with E-state index in [0.717, 1.165) is 54.2 Å². The van der Waals surface area contributed by atoms with Crippen LogP contribution in [0.1, 0.15) is 5.69 Å². The van der Waals surface area contributed by atoms with Crippen LogP contribution in [0.25, 0.3) is 16.6 Å². The van der Waals surface area contributed by atoms with E-state index in [2.05, 4.69) is 63.4 Å². The van der Waals surface area contributed by atoms with Crippen molar-refractivity contribution < 1.29 is 0 Å². The van der Waals surface area contributed by atoms with Gasteiger partial charge in [0.25, 0.3) is 0 Å². The van der Waals surface area contributed by atoms with Crippen molar-refractivity contribution in [1.82, 2.24) is 14.6 Å². The second-order valence-corrected chi connectivity index (χ2v) is 7.27. The Morgan fingerprint density at radius 1 is 0.852 bits per heavy atom. The smallest absolute Gasteiger partial charge is 0.176 e. The van der Waals surface area contributed by atoms with Gasteiger partial charge in [-0.05, 0) is 31.2 Å². The highest BCUT2D eigenvalue weighted by molar-refractivity contribution is 6.34. The summed E-state index contributed by atoms with van der Waals surface area (Å²) in [4.78, 5) is 9.71. The molecule has 0 radical (unpaired) electrons. The van der Waals surface area contributed by atoms with E-state index in [0.29, 0.717) is 5.02 Å². The highest BCUT2D eigenvalue weighted by Gasteiger charge is 2.22. The van der Waals surface area contributed by atoms with Gasteiger partial charge < -0.3 is 9.80 Å². The molecule has 27 heavy (non-hydrogen) atoms. The molecule has 3 heterocycles. The Balaban J connectivity index is 1.54. The molecule has 0 unspecified atom stereocenters. The lowest BCUT2D eigenvalue weighted by atomic mass is 10.2. The van der Waals surface area contributed by atoms with Gasteiger partial charge in [0.05, 0.1) is 11.2 Å². The molecule has 1 aliphatic rings. The van der Waals surface area contributed by atoms with Crippen molar-refractivity contribution in [2.75, 3.05) is 36.0 Å². The van der Waals surface area contributed by atoms with E-state index in [1.54, 1.807) is 0 Å². The van der Waals surface area contributed by atoms with Gasteiger partial charge in [-0.25, -0.2) is 9.50 Å². The molecule has 5 rings (SSSR count). The van der Waals surface area contributed by atoms with Gasteiger partial charge >= 0.3 is 0 Å². The number of fused-ring (bicyclic) bond motifs is 3. The number of anilines is 2. The van der Waals surface area contributed by atoms with Crippen molar-refractivity contribution in [3.63, 3.8) is 0 Å². The molecule has 2 aromatic heterocycles. The number of hydrogen-bond acceptors (Lipinski definition) is 4. The molecular weight excluding hydrogens is 358 g/mol. The zero-order valence-corrected chi connectivity index (χ0v) is 15.9. The Kier molecular flexibility index (Phi) is 3.90. The lowest BCUT2D eigenvalue weighted by Crippen LogP contribution is -2.47. The van der Waals surface area contributed by atoms with E-state index in [4.69, 9.17) is 16.6 Å². The van der Waals surface area contributed by atoms with Gasteiger partial charge in [0, 0.05) is 37.3 Å². The predicted octanol–water partition coefficient (Wildman–Crippen LogP) is 4.17. The Bertz CT molecular complexity index is 1110. The molecule has 2 aromatic carbocycles. The summed E-state index contributed by atoms with van der Waals surface area (Å²) in [5.74, 6) is 0.993. The van der Waals surface area contributed by atoms with Crippen LogP contribution in [-0.2, 0) is 0 Å². The fraction of sp³-hybridized carbons (Fsp3) is 0.238. The van der Waals surface area contributed by atoms with Gasteiger partial charge in [0.2, 0.25) is 0 Å². The fourth-order valence-electron chi connectivity index (χ4n) is 3.82. The number of nitrogens with zero attached hydrogens (tertiary/aromatic N) is 5. The molecule has 0 atom stereocenters. The van der Waals surface area contributed by atoms with E-state index < -0.39 is 0 Å². The molecule has 5 nitrogen and oxygen atoms in total. The van der Waals surface area contributed by atoms with Crippen molar-refractivity contribution in [2.24, 2.45) is 0 Å². The fourth-order valence-corrected chi connectivity index (χ4v) is 3.98. The summed E-state index contributed by atoms with van der Waals surface area (Å²) >= 11 is 6.48. The highest BCUT2D eigenvalue weighted by atomic mass is 35.5. The van der Waals surface area contributed by atoms with E-state index in [-0.39, 0.29) is 0 Å². The van der Waals surface area contributed by atoms with E-state index in [1.165, 1.54) is 5.69 Å². The van der Waals surface area contributed by atoms with Crippen LogP contribution >= 0.6 is 11.6 Å². The first-order valence-electron chi connectivity index (χ1n) is 9.21. The second kappa shape index (κ2) is 6.43. The average Bonchev–Trinajstić information content (AvgIpc) is 3.02. The van der Waals surface area contributed by atoms with Crippen molar-refractivity contribution >= 4 is 39.7 Å². The summed E-state index contributed by atoms with van der Waals surface area (Å²) in [7, 11) is 0. The van der Waals surface area contributed by atoms with Crippen LogP contribution in [0.3, 0.4) is 0 Å². The number of halogens is 1. The molecule has 1 fully saturated rings. The first-order chi connectivity index (χ1) is 13.2. The van der Waals surface area contributed by atoms with Crippen LogP contribution in [0.5, 0.6) is 0 Å². The van der Waals surface area contributed by atoms with Gasteiger partial charge in [-0.1, -0.05) is 41.9 Å². The van der Waals surface area contributed by atoms with E-state index in [1.807, 2.05) is 17.5 Å². The molecule has 136 valence electrons. The summed E-state index contributed by atoms with van der Waals surface area (Å²) in [6.07, 6.45) is 0. The van der Waals surface area contributed by atoms with E-state index in [9.17, 15) is 0 Å². The third kappa shape index (κ3) is 2.70. The normalized spacial score (nSPS) is 15.0. The first kappa shape index (κ1) is 16.4. The van der Waals surface area contributed by atoms with Gasteiger partial charge in [-0.15, -0.1) is 0 Å². The monoisotopic (exact) mass is 377 g/mol. The molecule has 0 aliphatic carbocycles. The summed E-state index contributed by atoms with van der Waals surface area (Å²) < 4.78 is 1.86. The second-order valence-electron chi connectivity index (χ2n) is 6.90. The highest BCUT2D eigenvalue weighted by Crippen LogP contribution is 2.31. The molecule has 0 saturated carbocycles. The lowest BCUT2D eigenvalue weighted by Gasteiger charge is -2.37. The zero-order valence-electron chi connectivity index (χ0n) is 15.1. The Labute approximate surface area is 162 Å². The minimum atomic E-state index is 0.630. The molecule has 1 aliphatic heterocycles. The first-order valence-corrected chi connectivity index (χ1v) is 9.59. The van der Waals surface area contributed by atoms with Gasteiger partial charge in [0.15, 0.2) is 5.65 Å². The molecule has 4 aromatic rings. The average molecular weight is 378 g/mol. The number of piperazine rings is 1. The summed E-state index contributed by atoms with van der Waals surface area (Å²) in [6, 6.07) is 18.9. The molecule has 6 heteroatoms.